The molecule has 2 rings (SSSR count). The lowest BCUT2D eigenvalue weighted by atomic mass is 10.4. The molecule has 0 spiro atoms. The first-order chi connectivity index (χ1) is 6.79. The molecule has 1 N–H and O–H groups in total. The van der Waals surface area contributed by atoms with Gasteiger partial charge in [0, 0.05) is 6.04 Å². The molecule has 0 radical (unpaired) electrons. The Bertz CT molecular complexity index is 328. The number of alkyl halides is 1. The van der Waals surface area contributed by atoms with Crippen LogP contribution in [-0.2, 0) is 0 Å². The van der Waals surface area contributed by atoms with Gasteiger partial charge in [-0.05, 0) is 19.8 Å². The standard InChI is InChI=1S/C9H12FN3O/c1-6-9(12-7-2-3-7)13-8(4-11-6)14-5-10/h4,7H,2-3,5H2,1H3,(H,12,13). The fraction of sp³-hybridized carbons (Fsp3) is 0.556. The van der Waals surface area contributed by atoms with Crippen LogP contribution in [0.1, 0.15) is 18.5 Å². The van der Waals surface area contributed by atoms with Crippen LogP contribution in [0.25, 0.3) is 0 Å². The molecule has 1 fully saturated rings. The number of hydrogen-bond donors (Lipinski definition) is 1. The molecule has 76 valence electrons. The lowest BCUT2D eigenvalue weighted by molar-refractivity contribution is 0.184. The highest BCUT2D eigenvalue weighted by Gasteiger charge is 2.22. The Morgan fingerprint density at radius 3 is 3.07 bits per heavy atom. The Hall–Kier alpha value is -1.39. The van der Waals surface area contributed by atoms with Crippen LogP contribution in [0.15, 0.2) is 6.20 Å². The van der Waals surface area contributed by atoms with E-state index in [4.69, 9.17) is 0 Å². The lowest BCUT2D eigenvalue weighted by Crippen LogP contribution is -2.07. The first-order valence-corrected chi connectivity index (χ1v) is 4.58. The van der Waals surface area contributed by atoms with E-state index in [0.29, 0.717) is 11.9 Å². The molecule has 1 saturated carbocycles. The molecule has 1 aromatic heterocycles. The van der Waals surface area contributed by atoms with Crippen molar-refractivity contribution >= 4 is 5.82 Å². The second-order valence-electron chi connectivity index (χ2n) is 3.31. The average Bonchev–Trinajstić information content (AvgIpc) is 2.95. The number of hydrogen-bond acceptors (Lipinski definition) is 4. The summed E-state index contributed by atoms with van der Waals surface area (Å²) in [5, 5.41) is 3.21. The van der Waals surface area contributed by atoms with Crippen molar-refractivity contribution in [2.45, 2.75) is 25.8 Å². The molecule has 0 aromatic carbocycles. The highest BCUT2D eigenvalue weighted by Crippen LogP contribution is 2.25. The quantitative estimate of drug-likeness (QED) is 0.797. The van der Waals surface area contributed by atoms with E-state index in [1.54, 1.807) is 0 Å². The van der Waals surface area contributed by atoms with E-state index in [-0.39, 0.29) is 5.88 Å². The summed E-state index contributed by atoms with van der Waals surface area (Å²) < 4.78 is 16.5. The normalized spacial score (nSPS) is 15.3. The van der Waals surface area contributed by atoms with Gasteiger partial charge in [0.15, 0.2) is 5.82 Å². The predicted molar refractivity (Wildman–Crippen MR) is 50.0 cm³/mol. The first-order valence-electron chi connectivity index (χ1n) is 4.58. The van der Waals surface area contributed by atoms with Crippen molar-refractivity contribution in [1.82, 2.24) is 9.97 Å². The van der Waals surface area contributed by atoms with Crippen LogP contribution in [0.4, 0.5) is 10.2 Å². The number of nitrogens with one attached hydrogen (secondary N) is 1. The van der Waals surface area contributed by atoms with Crippen LogP contribution in [0.3, 0.4) is 0 Å². The zero-order valence-corrected chi connectivity index (χ0v) is 7.96. The molecule has 4 nitrogen and oxygen atoms in total. The molecule has 0 unspecified atom stereocenters. The molecular formula is C9H12FN3O. The molecule has 0 aliphatic heterocycles. The van der Waals surface area contributed by atoms with Gasteiger partial charge in [0.05, 0.1) is 11.9 Å². The summed E-state index contributed by atoms with van der Waals surface area (Å²) in [5.74, 6) is 0.916. The van der Waals surface area contributed by atoms with Crippen molar-refractivity contribution in [3.63, 3.8) is 0 Å². The molecule has 1 aliphatic rings. The predicted octanol–water partition coefficient (Wildman–Crippen LogP) is 1.67. The third-order valence-corrected chi connectivity index (χ3v) is 2.05. The maximum atomic E-state index is 11.9. The van der Waals surface area contributed by atoms with Gasteiger partial charge in [0.2, 0.25) is 12.7 Å². The fourth-order valence-corrected chi connectivity index (χ4v) is 1.12. The average molecular weight is 197 g/mol. The van der Waals surface area contributed by atoms with Crippen LogP contribution in [0, 0.1) is 6.92 Å². The van der Waals surface area contributed by atoms with Crippen LogP contribution >= 0.6 is 0 Å². The summed E-state index contributed by atoms with van der Waals surface area (Å²) in [6.45, 7) is 0.984. The van der Waals surface area contributed by atoms with Crippen LogP contribution < -0.4 is 10.1 Å². The van der Waals surface area contributed by atoms with Gasteiger partial charge in [0.1, 0.15) is 0 Å². The Balaban J connectivity index is 2.13. The van der Waals surface area contributed by atoms with Gasteiger partial charge in [-0.15, -0.1) is 0 Å². The van der Waals surface area contributed by atoms with Crippen LogP contribution in [0.5, 0.6) is 5.88 Å². The summed E-state index contributed by atoms with van der Waals surface area (Å²) in [7, 11) is 0. The van der Waals surface area contributed by atoms with E-state index in [0.717, 1.165) is 18.5 Å². The van der Waals surface area contributed by atoms with Crippen molar-refractivity contribution < 1.29 is 9.13 Å². The molecule has 1 aliphatic carbocycles. The summed E-state index contributed by atoms with van der Waals surface area (Å²) in [4.78, 5) is 8.17. The third-order valence-electron chi connectivity index (χ3n) is 2.05. The van der Waals surface area contributed by atoms with Gasteiger partial charge >= 0.3 is 0 Å². The van der Waals surface area contributed by atoms with Gasteiger partial charge in [-0.25, -0.2) is 4.39 Å². The van der Waals surface area contributed by atoms with Crippen LogP contribution in [0.2, 0.25) is 0 Å². The van der Waals surface area contributed by atoms with Gasteiger partial charge in [-0.2, -0.15) is 4.98 Å². The van der Waals surface area contributed by atoms with Crippen molar-refractivity contribution in [1.29, 1.82) is 0 Å². The SMILES string of the molecule is Cc1ncc(OCF)nc1NC1CC1. The monoisotopic (exact) mass is 197 g/mol. The highest BCUT2D eigenvalue weighted by molar-refractivity contribution is 5.42. The van der Waals surface area contributed by atoms with E-state index < -0.39 is 6.86 Å². The molecule has 5 heteroatoms. The van der Waals surface area contributed by atoms with E-state index in [1.165, 1.54) is 6.20 Å². The molecule has 1 aromatic rings. The van der Waals surface area contributed by atoms with Crippen molar-refractivity contribution in [3.8, 4) is 5.88 Å². The Labute approximate surface area is 81.5 Å². The topological polar surface area (TPSA) is 47.0 Å². The van der Waals surface area contributed by atoms with Gasteiger partial charge in [-0.1, -0.05) is 0 Å². The zero-order chi connectivity index (χ0) is 9.97. The number of rotatable bonds is 4. The second kappa shape index (κ2) is 3.77. The molecule has 0 bridgehead atoms. The van der Waals surface area contributed by atoms with Crippen molar-refractivity contribution in [3.05, 3.63) is 11.9 Å². The molecule has 0 amide bonds. The summed E-state index contributed by atoms with van der Waals surface area (Å²) in [5.41, 5.74) is 0.808. The number of nitrogens with zero attached hydrogens (tertiary/aromatic N) is 2. The minimum Gasteiger partial charge on any atom is -0.445 e. The van der Waals surface area contributed by atoms with Crippen LogP contribution in [-0.4, -0.2) is 22.9 Å². The van der Waals surface area contributed by atoms with Gasteiger partial charge < -0.3 is 10.1 Å². The number of halogens is 1. The maximum absolute atomic E-state index is 11.9. The van der Waals surface area contributed by atoms with Crippen molar-refractivity contribution in [2.75, 3.05) is 12.2 Å². The minimum absolute atomic E-state index is 0.223. The van der Waals surface area contributed by atoms with E-state index >= 15 is 0 Å². The maximum Gasteiger partial charge on any atom is 0.236 e. The van der Waals surface area contributed by atoms with Gasteiger partial charge in [-0.3, -0.25) is 4.98 Å². The molecular weight excluding hydrogens is 185 g/mol. The Morgan fingerprint density at radius 1 is 1.64 bits per heavy atom. The number of aromatic nitrogens is 2. The van der Waals surface area contributed by atoms with E-state index in [9.17, 15) is 4.39 Å². The third kappa shape index (κ3) is 2.10. The molecule has 0 atom stereocenters. The highest BCUT2D eigenvalue weighted by atomic mass is 19.1. The fourth-order valence-electron chi connectivity index (χ4n) is 1.12. The summed E-state index contributed by atoms with van der Waals surface area (Å²) in [6.07, 6.45) is 3.75. The molecule has 14 heavy (non-hydrogen) atoms. The smallest absolute Gasteiger partial charge is 0.236 e. The summed E-state index contributed by atoms with van der Waals surface area (Å²) >= 11 is 0. The number of ether oxygens (including phenoxy) is 1. The van der Waals surface area contributed by atoms with Gasteiger partial charge in [0.25, 0.3) is 0 Å². The van der Waals surface area contributed by atoms with E-state index in [2.05, 4.69) is 20.0 Å². The van der Waals surface area contributed by atoms with E-state index in [1.807, 2.05) is 6.92 Å². The Kier molecular flexibility index (Phi) is 2.47. The lowest BCUT2D eigenvalue weighted by Gasteiger charge is -2.07. The largest absolute Gasteiger partial charge is 0.445 e. The second-order valence-corrected chi connectivity index (χ2v) is 3.31. The number of aryl methyl sites for hydroxylation is 1. The minimum atomic E-state index is -0.874. The zero-order valence-electron chi connectivity index (χ0n) is 7.96. The number of anilines is 1. The van der Waals surface area contributed by atoms with Crippen molar-refractivity contribution in [2.24, 2.45) is 0 Å². The summed E-state index contributed by atoms with van der Waals surface area (Å²) in [6, 6.07) is 0.503. The molecule has 1 heterocycles. The molecule has 0 saturated heterocycles. The first kappa shape index (κ1) is 9.18. The Morgan fingerprint density at radius 2 is 2.43 bits per heavy atom.